The first-order valence-electron chi connectivity index (χ1n) is 8.29. The van der Waals surface area contributed by atoms with Crippen molar-refractivity contribution >= 4 is 29.1 Å². The maximum Gasteiger partial charge on any atom is 0.255 e. The molecule has 130 valence electrons. The van der Waals surface area contributed by atoms with E-state index in [4.69, 9.17) is 32.7 Å². The molecule has 0 aromatic heterocycles. The molecule has 0 aliphatic carbocycles. The van der Waals surface area contributed by atoms with Crippen LogP contribution in [0, 0.1) is 0 Å². The van der Waals surface area contributed by atoms with Crippen molar-refractivity contribution < 1.29 is 14.3 Å². The molecule has 2 aromatic carbocycles. The summed E-state index contributed by atoms with van der Waals surface area (Å²) in [6, 6.07) is 10.9. The van der Waals surface area contributed by atoms with E-state index in [9.17, 15) is 4.79 Å². The van der Waals surface area contributed by atoms with Gasteiger partial charge in [-0.2, -0.15) is 0 Å². The van der Waals surface area contributed by atoms with Crippen LogP contribution in [0.4, 0.5) is 0 Å². The second-order valence-corrected chi connectivity index (χ2v) is 7.03. The standard InChI is InChI=1S/C19H17Cl2NO3/c20-13-4-5-14(15(21)11-13)19(23)22-7-1-2-16(22)12-3-6-17-18(10-12)25-9-8-24-17/h3-6,10-11,16H,1-2,7-9H2/t16-/m0/s1. The predicted molar refractivity (Wildman–Crippen MR) is 96.9 cm³/mol. The Morgan fingerprint density at radius 2 is 1.84 bits per heavy atom. The monoisotopic (exact) mass is 377 g/mol. The zero-order valence-electron chi connectivity index (χ0n) is 13.5. The van der Waals surface area contributed by atoms with Crippen LogP contribution in [-0.4, -0.2) is 30.6 Å². The molecular formula is C19H17Cl2NO3. The van der Waals surface area contributed by atoms with Crippen molar-refractivity contribution in [2.45, 2.75) is 18.9 Å². The van der Waals surface area contributed by atoms with E-state index in [1.165, 1.54) is 0 Å². The van der Waals surface area contributed by atoms with E-state index in [2.05, 4.69) is 0 Å². The Labute approximate surface area is 156 Å². The molecule has 1 amide bonds. The highest BCUT2D eigenvalue weighted by Crippen LogP contribution is 2.39. The molecule has 1 atom stereocenters. The van der Waals surface area contributed by atoms with E-state index in [1.807, 2.05) is 23.1 Å². The van der Waals surface area contributed by atoms with Crippen molar-refractivity contribution in [2.24, 2.45) is 0 Å². The fourth-order valence-electron chi connectivity index (χ4n) is 3.44. The minimum atomic E-state index is -0.0703. The molecule has 0 saturated carbocycles. The Hall–Kier alpha value is -1.91. The van der Waals surface area contributed by atoms with E-state index in [0.717, 1.165) is 29.9 Å². The molecule has 2 aliphatic heterocycles. The van der Waals surface area contributed by atoms with Crippen LogP contribution in [0.25, 0.3) is 0 Å². The Balaban J connectivity index is 1.63. The lowest BCUT2D eigenvalue weighted by Gasteiger charge is -2.27. The van der Waals surface area contributed by atoms with Crippen LogP contribution in [0.2, 0.25) is 10.0 Å². The third-order valence-corrected chi connectivity index (χ3v) is 5.17. The molecule has 6 heteroatoms. The summed E-state index contributed by atoms with van der Waals surface area (Å²) in [4.78, 5) is 14.9. The number of ether oxygens (including phenoxy) is 2. The van der Waals surface area contributed by atoms with Crippen molar-refractivity contribution in [3.05, 3.63) is 57.6 Å². The lowest BCUT2D eigenvalue weighted by molar-refractivity contribution is 0.0735. The zero-order chi connectivity index (χ0) is 17.4. The molecule has 25 heavy (non-hydrogen) atoms. The van der Waals surface area contributed by atoms with Crippen molar-refractivity contribution in [3.8, 4) is 11.5 Å². The minimum absolute atomic E-state index is 0.00933. The van der Waals surface area contributed by atoms with Crippen molar-refractivity contribution in [3.63, 3.8) is 0 Å². The normalized spacial score (nSPS) is 19.1. The van der Waals surface area contributed by atoms with Gasteiger partial charge in [0.1, 0.15) is 13.2 Å². The highest BCUT2D eigenvalue weighted by Gasteiger charge is 2.32. The molecule has 2 heterocycles. The van der Waals surface area contributed by atoms with Crippen LogP contribution in [-0.2, 0) is 0 Å². The summed E-state index contributed by atoms with van der Waals surface area (Å²) >= 11 is 12.2. The topological polar surface area (TPSA) is 38.8 Å². The van der Waals surface area contributed by atoms with E-state index in [0.29, 0.717) is 35.4 Å². The molecule has 0 N–H and O–H groups in total. The summed E-state index contributed by atoms with van der Waals surface area (Å²) in [5, 5.41) is 0.900. The summed E-state index contributed by atoms with van der Waals surface area (Å²) in [7, 11) is 0. The van der Waals surface area contributed by atoms with Crippen LogP contribution in [0.3, 0.4) is 0 Å². The molecule has 0 bridgehead atoms. The molecule has 4 rings (SSSR count). The maximum absolute atomic E-state index is 13.0. The molecule has 1 saturated heterocycles. The summed E-state index contributed by atoms with van der Waals surface area (Å²) in [5.74, 6) is 1.43. The molecular weight excluding hydrogens is 361 g/mol. The highest BCUT2D eigenvalue weighted by atomic mass is 35.5. The number of halogens is 2. The predicted octanol–water partition coefficient (Wildman–Crippen LogP) is 4.74. The van der Waals surface area contributed by atoms with E-state index < -0.39 is 0 Å². The van der Waals surface area contributed by atoms with Gasteiger partial charge in [0.15, 0.2) is 11.5 Å². The fourth-order valence-corrected chi connectivity index (χ4v) is 3.93. The van der Waals surface area contributed by atoms with Gasteiger partial charge in [0.05, 0.1) is 16.6 Å². The van der Waals surface area contributed by atoms with Gasteiger partial charge in [-0.1, -0.05) is 29.3 Å². The Morgan fingerprint density at radius 1 is 1.04 bits per heavy atom. The van der Waals surface area contributed by atoms with Gasteiger partial charge in [-0.15, -0.1) is 0 Å². The van der Waals surface area contributed by atoms with Crippen LogP contribution < -0.4 is 9.47 Å². The Morgan fingerprint density at radius 3 is 2.64 bits per heavy atom. The van der Waals surface area contributed by atoms with Gasteiger partial charge in [0.2, 0.25) is 0 Å². The van der Waals surface area contributed by atoms with Crippen LogP contribution >= 0.6 is 23.2 Å². The SMILES string of the molecule is O=C(c1ccc(Cl)cc1Cl)N1CCC[C@H]1c1ccc2c(c1)OCCO2. The van der Waals surface area contributed by atoms with Gasteiger partial charge in [-0.25, -0.2) is 0 Å². The van der Waals surface area contributed by atoms with Gasteiger partial charge in [0, 0.05) is 11.6 Å². The number of carbonyl (C=O) groups is 1. The van der Waals surface area contributed by atoms with Gasteiger partial charge >= 0.3 is 0 Å². The number of hydrogen-bond acceptors (Lipinski definition) is 3. The van der Waals surface area contributed by atoms with E-state index >= 15 is 0 Å². The third-order valence-electron chi connectivity index (χ3n) is 4.63. The quantitative estimate of drug-likeness (QED) is 0.758. The first-order chi connectivity index (χ1) is 12.1. The van der Waals surface area contributed by atoms with Crippen LogP contribution in [0.5, 0.6) is 11.5 Å². The maximum atomic E-state index is 13.0. The molecule has 1 fully saturated rings. The Bertz CT molecular complexity index is 824. The summed E-state index contributed by atoms with van der Waals surface area (Å²) in [5.41, 5.74) is 1.54. The molecule has 0 radical (unpaired) electrons. The van der Waals surface area contributed by atoms with Gasteiger partial charge < -0.3 is 14.4 Å². The molecule has 2 aliphatic rings. The van der Waals surface area contributed by atoms with Gasteiger partial charge in [-0.05, 0) is 48.7 Å². The van der Waals surface area contributed by atoms with Crippen molar-refractivity contribution in [1.82, 2.24) is 4.90 Å². The van der Waals surface area contributed by atoms with Crippen molar-refractivity contribution in [2.75, 3.05) is 19.8 Å². The second kappa shape index (κ2) is 6.77. The third kappa shape index (κ3) is 3.16. The Kier molecular flexibility index (Phi) is 4.48. The van der Waals surface area contributed by atoms with Gasteiger partial charge in [-0.3, -0.25) is 4.79 Å². The molecule has 2 aromatic rings. The average molecular weight is 378 g/mol. The summed E-state index contributed by atoms with van der Waals surface area (Å²) < 4.78 is 11.2. The van der Waals surface area contributed by atoms with E-state index in [1.54, 1.807) is 18.2 Å². The number of fused-ring (bicyclic) bond motifs is 1. The number of benzene rings is 2. The molecule has 4 nitrogen and oxygen atoms in total. The molecule has 0 spiro atoms. The van der Waals surface area contributed by atoms with Crippen LogP contribution in [0.15, 0.2) is 36.4 Å². The average Bonchev–Trinajstić information content (AvgIpc) is 3.10. The lowest BCUT2D eigenvalue weighted by atomic mass is 10.0. The second-order valence-electron chi connectivity index (χ2n) is 6.18. The van der Waals surface area contributed by atoms with Crippen molar-refractivity contribution in [1.29, 1.82) is 0 Å². The summed E-state index contributed by atoms with van der Waals surface area (Å²) in [6.07, 6.45) is 1.87. The van der Waals surface area contributed by atoms with E-state index in [-0.39, 0.29) is 11.9 Å². The van der Waals surface area contributed by atoms with Gasteiger partial charge in [0.25, 0.3) is 5.91 Å². The number of carbonyl (C=O) groups excluding carboxylic acids is 1. The summed E-state index contributed by atoms with van der Waals surface area (Å²) in [6.45, 7) is 1.82. The smallest absolute Gasteiger partial charge is 0.255 e. The fraction of sp³-hybridized carbons (Fsp3) is 0.316. The largest absolute Gasteiger partial charge is 0.486 e. The lowest BCUT2D eigenvalue weighted by Crippen LogP contribution is -2.30. The minimum Gasteiger partial charge on any atom is -0.486 e. The number of amides is 1. The first-order valence-corrected chi connectivity index (χ1v) is 9.04. The number of rotatable bonds is 2. The van der Waals surface area contributed by atoms with Crippen LogP contribution in [0.1, 0.15) is 34.8 Å². The first kappa shape index (κ1) is 16.6. The highest BCUT2D eigenvalue weighted by molar-refractivity contribution is 6.36. The number of likely N-dealkylation sites (tertiary alicyclic amines) is 1. The number of nitrogens with zero attached hydrogens (tertiary/aromatic N) is 1. The molecule has 0 unspecified atom stereocenters. The zero-order valence-corrected chi connectivity index (χ0v) is 15.0. The number of hydrogen-bond donors (Lipinski definition) is 0.